The van der Waals surface area contributed by atoms with E-state index in [9.17, 15) is 9.90 Å². The number of methoxy groups -OCH3 is 1. The van der Waals surface area contributed by atoms with Crippen molar-refractivity contribution in [3.8, 4) is 11.8 Å². The van der Waals surface area contributed by atoms with Crippen LogP contribution in [0, 0.1) is 11.8 Å². The van der Waals surface area contributed by atoms with Crippen LogP contribution in [0.5, 0.6) is 0 Å². The van der Waals surface area contributed by atoms with Gasteiger partial charge in [0.25, 0.3) is 0 Å². The molecule has 1 aromatic carbocycles. The van der Waals surface area contributed by atoms with Crippen molar-refractivity contribution >= 4 is 11.5 Å². The lowest BCUT2D eigenvalue weighted by atomic mass is 9.98. The maximum atomic E-state index is 10.8. The lowest BCUT2D eigenvalue weighted by molar-refractivity contribution is -0.133. The molecule has 88 valence electrons. The fourth-order valence-electron chi connectivity index (χ4n) is 1.38. The Morgan fingerprint density at radius 1 is 1.47 bits per heavy atom. The number of benzene rings is 1. The van der Waals surface area contributed by atoms with Crippen LogP contribution in [-0.2, 0) is 9.53 Å². The number of rotatable bonds is 2. The summed E-state index contributed by atoms with van der Waals surface area (Å²) in [5.41, 5.74) is 2.30. The van der Waals surface area contributed by atoms with Crippen LogP contribution in [0.2, 0.25) is 0 Å². The molecule has 0 aliphatic rings. The lowest BCUT2D eigenvalue weighted by Crippen LogP contribution is -2.01. The molecule has 0 spiro atoms. The summed E-state index contributed by atoms with van der Waals surface area (Å²) >= 11 is 0. The second-order valence-electron chi connectivity index (χ2n) is 3.53. The maximum absolute atomic E-state index is 10.8. The average Bonchev–Trinajstić information content (AvgIpc) is 2.35. The summed E-state index contributed by atoms with van der Waals surface area (Å²) in [5.74, 6) is 3.97. The Labute approximate surface area is 101 Å². The molecule has 0 radical (unpaired) electrons. The molecule has 0 aliphatic carbocycles. The summed E-state index contributed by atoms with van der Waals surface area (Å²) in [4.78, 5) is 10.8. The van der Waals surface area contributed by atoms with E-state index in [1.807, 2.05) is 19.1 Å². The summed E-state index contributed by atoms with van der Waals surface area (Å²) < 4.78 is 4.37. The highest BCUT2D eigenvalue weighted by Gasteiger charge is 2.09. The van der Waals surface area contributed by atoms with Crippen molar-refractivity contribution < 1.29 is 14.6 Å². The van der Waals surface area contributed by atoms with Crippen LogP contribution in [0.25, 0.3) is 5.57 Å². The van der Waals surface area contributed by atoms with Gasteiger partial charge >= 0.3 is 5.97 Å². The van der Waals surface area contributed by atoms with Crippen LogP contribution in [0.3, 0.4) is 0 Å². The molecule has 0 aliphatic heterocycles. The van der Waals surface area contributed by atoms with Crippen molar-refractivity contribution in [3.63, 3.8) is 0 Å². The van der Waals surface area contributed by atoms with E-state index < -0.39 is 12.1 Å². The molecule has 0 fully saturated rings. The zero-order chi connectivity index (χ0) is 12.8. The van der Waals surface area contributed by atoms with Gasteiger partial charge in [-0.1, -0.05) is 42.3 Å². The first-order chi connectivity index (χ1) is 8.06. The van der Waals surface area contributed by atoms with E-state index in [0.29, 0.717) is 5.56 Å². The number of aliphatic hydroxyl groups excluding tert-OH is 1. The third-order valence-electron chi connectivity index (χ3n) is 2.21. The third-order valence-corrected chi connectivity index (χ3v) is 2.21. The zero-order valence-electron chi connectivity index (χ0n) is 9.86. The first-order valence-electron chi connectivity index (χ1n) is 5.08. The molecule has 1 aromatic rings. The molecule has 1 atom stereocenters. The van der Waals surface area contributed by atoms with Gasteiger partial charge in [-0.2, -0.15) is 0 Å². The number of carbonyl (C=O) groups is 1. The van der Waals surface area contributed by atoms with Crippen molar-refractivity contribution in [2.24, 2.45) is 0 Å². The van der Waals surface area contributed by atoms with Crippen LogP contribution >= 0.6 is 0 Å². The van der Waals surface area contributed by atoms with E-state index >= 15 is 0 Å². The Morgan fingerprint density at radius 3 is 2.71 bits per heavy atom. The number of esters is 1. The van der Waals surface area contributed by atoms with Gasteiger partial charge in [-0.05, 0) is 12.5 Å². The molecule has 1 N–H and O–H groups in total. The van der Waals surface area contributed by atoms with Gasteiger partial charge < -0.3 is 9.84 Å². The highest BCUT2D eigenvalue weighted by molar-refractivity contribution is 5.88. The summed E-state index contributed by atoms with van der Waals surface area (Å²) in [6.45, 7) is 5.68. The van der Waals surface area contributed by atoms with Gasteiger partial charge in [-0.3, -0.25) is 0 Å². The van der Waals surface area contributed by atoms with Crippen LogP contribution in [0.1, 0.15) is 24.2 Å². The van der Waals surface area contributed by atoms with Crippen molar-refractivity contribution in [1.29, 1.82) is 0 Å². The first-order valence-corrected chi connectivity index (χ1v) is 5.08. The number of allylic oxidation sites excluding steroid dienone is 1. The Kier molecular flexibility index (Phi) is 4.50. The summed E-state index contributed by atoms with van der Waals surface area (Å²) in [7, 11) is 1.24. The summed E-state index contributed by atoms with van der Waals surface area (Å²) in [6.07, 6.45) is -1.03. The highest BCUT2D eigenvalue weighted by atomic mass is 16.5. The number of aliphatic hydroxyl groups is 1. The summed E-state index contributed by atoms with van der Waals surface area (Å²) in [5, 5.41) is 9.87. The minimum Gasteiger partial charge on any atom is -0.459 e. The molecular formula is C14H14O3. The van der Waals surface area contributed by atoms with Crippen LogP contribution in [-0.4, -0.2) is 18.2 Å². The van der Waals surface area contributed by atoms with E-state index in [4.69, 9.17) is 0 Å². The molecule has 0 amide bonds. The second-order valence-corrected chi connectivity index (χ2v) is 3.53. The molecule has 0 heterocycles. The Morgan fingerprint density at radius 2 is 2.12 bits per heavy atom. The van der Waals surface area contributed by atoms with Crippen molar-refractivity contribution in [1.82, 2.24) is 0 Å². The molecule has 17 heavy (non-hydrogen) atoms. The lowest BCUT2D eigenvalue weighted by Gasteiger charge is -2.10. The monoisotopic (exact) mass is 230 g/mol. The topological polar surface area (TPSA) is 46.5 Å². The molecule has 0 aromatic heterocycles. The Bertz CT molecular complexity index is 492. The van der Waals surface area contributed by atoms with E-state index in [2.05, 4.69) is 23.2 Å². The minimum atomic E-state index is -1.03. The van der Waals surface area contributed by atoms with Crippen molar-refractivity contribution in [2.45, 2.75) is 13.0 Å². The van der Waals surface area contributed by atoms with Gasteiger partial charge in [-0.15, -0.1) is 0 Å². The number of ether oxygens (including phenoxy) is 1. The van der Waals surface area contributed by atoms with Gasteiger partial charge in [0.2, 0.25) is 0 Å². The Balaban J connectivity index is 3.03. The highest BCUT2D eigenvalue weighted by Crippen LogP contribution is 2.22. The van der Waals surface area contributed by atoms with E-state index in [-0.39, 0.29) is 0 Å². The molecule has 0 bridgehead atoms. The molecule has 3 nitrogen and oxygen atoms in total. The van der Waals surface area contributed by atoms with Crippen molar-refractivity contribution in [2.75, 3.05) is 7.11 Å². The molecule has 0 saturated heterocycles. The smallest absolute Gasteiger partial charge is 0.384 e. The number of hydrogen-bond acceptors (Lipinski definition) is 3. The fraction of sp³-hybridized carbons (Fsp3) is 0.214. The van der Waals surface area contributed by atoms with Crippen LogP contribution < -0.4 is 0 Å². The van der Waals surface area contributed by atoms with Crippen LogP contribution in [0.15, 0.2) is 30.8 Å². The molecule has 3 heteroatoms. The molecule has 1 unspecified atom stereocenters. The van der Waals surface area contributed by atoms with Gasteiger partial charge in [0.1, 0.15) is 6.10 Å². The normalized spacial score (nSPS) is 11.0. The summed E-state index contributed by atoms with van der Waals surface area (Å²) in [6, 6.07) is 7.25. The Hall–Kier alpha value is -2.05. The zero-order valence-corrected chi connectivity index (χ0v) is 9.86. The quantitative estimate of drug-likeness (QED) is 0.479. The van der Waals surface area contributed by atoms with E-state index in [0.717, 1.165) is 11.1 Å². The fourth-order valence-corrected chi connectivity index (χ4v) is 1.38. The van der Waals surface area contributed by atoms with Gasteiger partial charge in [0.15, 0.2) is 0 Å². The average molecular weight is 230 g/mol. The standard InChI is InChI=1S/C14H14O3/c1-10(2)11-6-4-5-7-12(11)13(15)8-9-14(16)17-3/h4-7,13,15H,1H2,2-3H3. The predicted octanol–water partition coefficient (Wildman–Crippen LogP) is 1.93. The second kappa shape index (κ2) is 5.88. The van der Waals surface area contributed by atoms with E-state index in [1.165, 1.54) is 7.11 Å². The van der Waals surface area contributed by atoms with Crippen LogP contribution in [0.4, 0.5) is 0 Å². The van der Waals surface area contributed by atoms with Gasteiger partial charge in [0, 0.05) is 11.5 Å². The molecule has 0 saturated carbocycles. The number of hydrogen-bond donors (Lipinski definition) is 1. The minimum absolute atomic E-state index is 0.636. The van der Waals surface area contributed by atoms with Gasteiger partial charge in [0.05, 0.1) is 7.11 Å². The number of carbonyl (C=O) groups excluding carboxylic acids is 1. The predicted molar refractivity (Wildman–Crippen MR) is 65.9 cm³/mol. The van der Waals surface area contributed by atoms with E-state index in [1.54, 1.807) is 12.1 Å². The third kappa shape index (κ3) is 3.47. The molecule has 1 rings (SSSR count). The maximum Gasteiger partial charge on any atom is 0.384 e. The largest absolute Gasteiger partial charge is 0.459 e. The molecular weight excluding hydrogens is 216 g/mol. The van der Waals surface area contributed by atoms with Gasteiger partial charge in [-0.25, -0.2) is 4.79 Å². The SMILES string of the molecule is C=C(C)c1ccccc1C(O)C#CC(=O)OC. The first kappa shape index (κ1) is 13.0. The van der Waals surface area contributed by atoms with Crippen molar-refractivity contribution in [3.05, 3.63) is 42.0 Å².